The molecule has 3 rings (SSSR count). The molecule has 0 saturated heterocycles. The van der Waals surface area contributed by atoms with E-state index in [1.165, 1.54) is 0 Å². The monoisotopic (exact) mass is 355 g/mol. The number of aryl methyl sites for hydroxylation is 1. The fourth-order valence-electron chi connectivity index (χ4n) is 2.65. The topological polar surface area (TPSA) is 83.3 Å². The zero-order valence-electron chi connectivity index (χ0n) is 15.2. The lowest BCUT2D eigenvalue weighted by Crippen LogP contribution is -2.05. The van der Waals surface area contributed by atoms with Gasteiger partial charge in [0.1, 0.15) is 5.75 Å². The van der Waals surface area contributed by atoms with Crippen LogP contribution in [-0.4, -0.2) is 41.5 Å². The van der Waals surface area contributed by atoms with Crippen LogP contribution in [0.1, 0.15) is 11.4 Å². The highest BCUT2D eigenvalue weighted by Crippen LogP contribution is 2.35. The molecule has 0 radical (unpaired) electrons. The molecule has 0 aliphatic rings. The van der Waals surface area contributed by atoms with Gasteiger partial charge in [0.25, 0.3) is 0 Å². The van der Waals surface area contributed by atoms with Crippen LogP contribution < -0.4 is 19.5 Å². The summed E-state index contributed by atoms with van der Waals surface area (Å²) >= 11 is 0. The molecule has 0 fully saturated rings. The van der Waals surface area contributed by atoms with Crippen molar-refractivity contribution in [1.29, 1.82) is 0 Å². The predicted octanol–water partition coefficient (Wildman–Crippen LogP) is 2.61. The third-order valence-corrected chi connectivity index (χ3v) is 3.99. The van der Waals surface area contributed by atoms with E-state index in [1.54, 1.807) is 26.0 Å². The first-order valence-electron chi connectivity index (χ1n) is 8.04. The van der Waals surface area contributed by atoms with Gasteiger partial charge >= 0.3 is 0 Å². The number of aromatic nitrogens is 4. The molecule has 3 aromatic rings. The van der Waals surface area contributed by atoms with Gasteiger partial charge in [-0.1, -0.05) is 6.07 Å². The van der Waals surface area contributed by atoms with Gasteiger partial charge in [0.05, 0.1) is 27.0 Å². The van der Waals surface area contributed by atoms with Crippen LogP contribution in [0.5, 0.6) is 17.2 Å². The number of nitrogens with one attached hydrogen (secondary N) is 1. The Labute approximate surface area is 151 Å². The summed E-state index contributed by atoms with van der Waals surface area (Å²) < 4.78 is 17.8. The largest absolute Gasteiger partial charge is 0.496 e. The van der Waals surface area contributed by atoms with Crippen LogP contribution in [0.2, 0.25) is 0 Å². The summed E-state index contributed by atoms with van der Waals surface area (Å²) in [6.45, 7) is 2.41. The summed E-state index contributed by atoms with van der Waals surface area (Å²) in [5.41, 5.74) is 2.78. The first-order chi connectivity index (χ1) is 12.7. The normalized spacial score (nSPS) is 10.5. The lowest BCUT2D eigenvalue weighted by atomic mass is 10.1. The quantitative estimate of drug-likeness (QED) is 0.697. The first kappa shape index (κ1) is 17.5. The van der Waals surface area contributed by atoms with Crippen molar-refractivity contribution < 1.29 is 14.2 Å². The third-order valence-electron chi connectivity index (χ3n) is 3.99. The summed E-state index contributed by atoms with van der Waals surface area (Å²) in [5, 5.41) is 15.0. The molecule has 0 aliphatic carbocycles. The molecule has 8 heteroatoms. The summed E-state index contributed by atoms with van der Waals surface area (Å²) in [4.78, 5) is 0. The van der Waals surface area contributed by atoms with Gasteiger partial charge < -0.3 is 19.5 Å². The Balaban J connectivity index is 1.82. The SMILES string of the molecule is COc1cc(OC)c(OC)cc1CNc1cccc(-n2nnnc2C)c1. The van der Waals surface area contributed by atoms with Gasteiger partial charge in [-0.3, -0.25) is 0 Å². The van der Waals surface area contributed by atoms with Crippen LogP contribution in [0.4, 0.5) is 5.69 Å². The molecule has 0 bridgehead atoms. The number of benzene rings is 2. The molecule has 0 atom stereocenters. The third kappa shape index (κ3) is 3.53. The number of tetrazole rings is 1. The van der Waals surface area contributed by atoms with Crippen LogP contribution in [0.3, 0.4) is 0 Å². The maximum atomic E-state index is 5.47. The van der Waals surface area contributed by atoms with E-state index >= 15 is 0 Å². The molecule has 1 heterocycles. The van der Waals surface area contributed by atoms with Gasteiger partial charge in [-0.05, 0) is 41.6 Å². The Morgan fingerprint density at radius 1 is 0.962 bits per heavy atom. The van der Waals surface area contributed by atoms with E-state index in [1.807, 2.05) is 43.3 Å². The van der Waals surface area contributed by atoms with Crippen LogP contribution in [-0.2, 0) is 6.54 Å². The predicted molar refractivity (Wildman–Crippen MR) is 97.3 cm³/mol. The molecule has 8 nitrogen and oxygen atoms in total. The second-order valence-electron chi connectivity index (χ2n) is 5.56. The number of anilines is 1. The summed E-state index contributed by atoms with van der Waals surface area (Å²) in [5.74, 6) is 2.73. The van der Waals surface area contributed by atoms with E-state index in [0.29, 0.717) is 18.0 Å². The Morgan fingerprint density at radius 3 is 2.35 bits per heavy atom. The molecule has 0 saturated carbocycles. The van der Waals surface area contributed by atoms with Gasteiger partial charge in [0, 0.05) is 23.9 Å². The van der Waals surface area contributed by atoms with Crippen molar-refractivity contribution >= 4 is 5.69 Å². The van der Waals surface area contributed by atoms with E-state index < -0.39 is 0 Å². The van der Waals surface area contributed by atoms with Crippen molar-refractivity contribution in [3.63, 3.8) is 0 Å². The van der Waals surface area contributed by atoms with E-state index in [4.69, 9.17) is 14.2 Å². The minimum absolute atomic E-state index is 0.557. The Hall–Kier alpha value is -3.29. The van der Waals surface area contributed by atoms with Gasteiger partial charge in [-0.15, -0.1) is 5.10 Å². The molecule has 1 N–H and O–H groups in total. The number of hydrogen-bond acceptors (Lipinski definition) is 7. The number of hydrogen-bond donors (Lipinski definition) is 1. The van der Waals surface area contributed by atoms with Crippen molar-refractivity contribution in [3.8, 4) is 22.9 Å². The number of rotatable bonds is 7. The lowest BCUT2D eigenvalue weighted by molar-refractivity contribution is 0.347. The molecular formula is C18H21N5O3. The summed E-state index contributed by atoms with van der Waals surface area (Å²) in [7, 11) is 4.84. The minimum Gasteiger partial charge on any atom is -0.496 e. The Bertz CT molecular complexity index is 894. The molecule has 0 spiro atoms. The average molecular weight is 355 g/mol. The highest BCUT2D eigenvalue weighted by molar-refractivity contribution is 5.54. The molecular weight excluding hydrogens is 334 g/mol. The van der Waals surface area contributed by atoms with Gasteiger partial charge in [0.2, 0.25) is 0 Å². The van der Waals surface area contributed by atoms with Gasteiger partial charge in [-0.25, -0.2) is 0 Å². The maximum absolute atomic E-state index is 5.47. The molecule has 1 aromatic heterocycles. The molecule has 2 aromatic carbocycles. The summed E-state index contributed by atoms with van der Waals surface area (Å²) in [6, 6.07) is 11.6. The number of methoxy groups -OCH3 is 3. The highest BCUT2D eigenvalue weighted by atomic mass is 16.5. The molecule has 0 aliphatic heterocycles. The number of nitrogens with zero attached hydrogens (tertiary/aromatic N) is 4. The first-order valence-corrected chi connectivity index (χ1v) is 8.04. The zero-order chi connectivity index (χ0) is 18.5. The van der Waals surface area contributed by atoms with Crippen LogP contribution >= 0.6 is 0 Å². The van der Waals surface area contributed by atoms with E-state index in [-0.39, 0.29) is 0 Å². The molecule has 0 unspecified atom stereocenters. The average Bonchev–Trinajstić information content (AvgIpc) is 3.11. The van der Waals surface area contributed by atoms with Crippen molar-refractivity contribution in [1.82, 2.24) is 20.2 Å². The van der Waals surface area contributed by atoms with E-state index in [0.717, 1.165) is 28.5 Å². The van der Waals surface area contributed by atoms with Crippen LogP contribution in [0.15, 0.2) is 36.4 Å². The second-order valence-corrected chi connectivity index (χ2v) is 5.56. The van der Waals surface area contributed by atoms with Crippen LogP contribution in [0, 0.1) is 6.92 Å². The second kappa shape index (κ2) is 7.73. The van der Waals surface area contributed by atoms with Crippen molar-refractivity contribution in [2.75, 3.05) is 26.6 Å². The Morgan fingerprint density at radius 2 is 1.69 bits per heavy atom. The smallest absolute Gasteiger partial charge is 0.164 e. The minimum atomic E-state index is 0.557. The van der Waals surface area contributed by atoms with Crippen LogP contribution in [0.25, 0.3) is 5.69 Å². The number of ether oxygens (including phenoxy) is 3. The summed E-state index contributed by atoms with van der Waals surface area (Å²) in [6.07, 6.45) is 0. The fraction of sp³-hybridized carbons (Fsp3) is 0.278. The Kier molecular flexibility index (Phi) is 5.21. The van der Waals surface area contributed by atoms with E-state index in [2.05, 4.69) is 20.8 Å². The zero-order valence-corrected chi connectivity index (χ0v) is 15.2. The fourth-order valence-corrected chi connectivity index (χ4v) is 2.65. The van der Waals surface area contributed by atoms with Crippen molar-refractivity contribution in [3.05, 3.63) is 47.8 Å². The van der Waals surface area contributed by atoms with Gasteiger partial charge in [-0.2, -0.15) is 4.68 Å². The van der Waals surface area contributed by atoms with Crippen molar-refractivity contribution in [2.45, 2.75) is 13.5 Å². The maximum Gasteiger partial charge on any atom is 0.164 e. The molecule has 26 heavy (non-hydrogen) atoms. The molecule has 136 valence electrons. The van der Waals surface area contributed by atoms with Gasteiger partial charge in [0.15, 0.2) is 17.3 Å². The standard InChI is InChI=1S/C18H21N5O3/c1-12-20-21-22-23(12)15-7-5-6-14(9-15)19-11-13-8-17(25-3)18(26-4)10-16(13)24-2/h5-10,19H,11H2,1-4H3. The van der Waals surface area contributed by atoms with E-state index in [9.17, 15) is 0 Å². The lowest BCUT2D eigenvalue weighted by Gasteiger charge is -2.15. The highest BCUT2D eigenvalue weighted by Gasteiger charge is 2.12. The van der Waals surface area contributed by atoms with Crippen molar-refractivity contribution in [2.24, 2.45) is 0 Å². The molecule has 0 amide bonds.